The van der Waals surface area contributed by atoms with Crippen molar-refractivity contribution in [2.45, 2.75) is 18.9 Å². The molecule has 1 aliphatic heterocycles. The van der Waals surface area contributed by atoms with Crippen molar-refractivity contribution >= 4 is 39.9 Å². The fraction of sp³-hybridized carbons (Fsp3) is 0.417. The van der Waals surface area contributed by atoms with Gasteiger partial charge in [-0.2, -0.15) is 0 Å². The van der Waals surface area contributed by atoms with Crippen LogP contribution in [-0.4, -0.2) is 34.9 Å². The molecule has 1 amide bonds. The monoisotopic (exact) mass is 363 g/mol. The molecule has 0 spiro atoms. The summed E-state index contributed by atoms with van der Waals surface area (Å²) in [6.07, 6.45) is 1.81. The first-order valence-corrected chi connectivity index (χ1v) is 6.78. The average molecular weight is 365 g/mol. The van der Waals surface area contributed by atoms with Gasteiger partial charge < -0.3 is 10.6 Å². The van der Waals surface area contributed by atoms with Crippen molar-refractivity contribution in [3.63, 3.8) is 0 Å². The molecule has 0 saturated carbocycles. The number of carbonyl (C=O) groups excluding carboxylic acids is 1. The quantitative estimate of drug-likeness (QED) is 0.658. The van der Waals surface area contributed by atoms with E-state index in [1.807, 2.05) is 0 Å². The van der Waals surface area contributed by atoms with E-state index < -0.39 is 4.92 Å². The lowest BCUT2D eigenvalue weighted by molar-refractivity contribution is -0.385. The molecule has 2 N–H and O–H groups in total. The summed E-state index contributed by atoms with van der Waals surface area (Å²) in [6, 6.07) is 4.31. The number of likely N-dealkylation sites (tertiary alicyclic amines) is 1. The molecular formula is C12H15BrClN3O3. The lowest BCUT2D eigenvalue weighted by Crippen LogP contribution is -2.39. The number of halogens is 2. The normalized spacial score (nSPS) is 17.7. The number of nitrogens with two attached hydrogens (primary N) is 1. The van der Waals surface area contributed by atoms with Crippen LogP contribution >= 0.6 is 28.3 Å². The first kappa shape index (κ1) is 16.9. The largest absolute Gasteiger partial charge is 0.334 e. The predicted octanol–water partition coefficient (Wildman–Crippen LogP) is 2.34. The Balaban J connectivity index is 0.00000200. The highest BCUT2D eigenvalue weighted by atomic mass is 79.9. The van der Waals surface area contributed by atoms with Crippen LogP contribution in [0.3, 0.4) is 0 Å². The van der Waals surface area contributed by atoms with Crippen molar-refractivity contribution in [2.24, 2.45) is 5.73 Å². The van der Waals surface area contributed by atoms with Crippen molar-refractivity contribution in [3.8, 4) is 0 Å². The van der Waals surface area contributed by atoms with Crippen LogP contribution < -0.4 is 5.73 Å². The molecule has 20 heavy (non-hydrogen) atoms. The molecule has 0 bridgehead atoms. The highest BCUT2D eigenvalue weighted by Crippen LogP contribution is 2.25. The first-order valence-electron chi connectivity index (χ1n) is 5.99. The molecule has 1 aromatic rings. The Morgan fingerprint density at radius 1 is 1.50 bits per heavy atom. The Labute approximate surface area is 131 Å². The van der Waals surface area contributed by atoms with Gasteiger partial charge in [-0.25, -0.2) is 0 Å². The molecule has 1 saturated heterocycles. The first-order chi connectivity index (χ1) is 9.02. The summed E-state index contributed by atoms with van der Waals surface area (Å²) in [5, 5.41) is 10.8. The minimum atomic E-state index is -0.508. The summed E-state index contributed by atoms with van der Waals surface area (Å²) in [6.45, 7) is 1.07. The molecule has 0 radical (unpaired) electrons. The number of non-ortho nitro benzene ring substituents is 1. The van der Waals surface area contributed by atoms with Crippen molar-refractivity contribution < 1.29 is 9.72 Å². The highest BCUT2D eigenvalue weighted by Gasteiger charge is 2.29. The summed E-state index contributed by atoms with van der Waals surface area (Å²) < 4.78 is 0.522. The molecule has 6 nitrogen and oxygen atoms in total. The number of benzene rings is 1. The van der Waals surface area contributed by atoms with E-state index in [0.29, 0.717) is 23.1 Å². The third-order valence-corrected chi connectivity index (χ3v) is 3.71. The molecule has 1 atom stereocenters. The number of amides is 1. The number of hydrogen-bond acceptors (Lipinski definition) is 4. The molecule has 1 unspecified atom stereocenters. The van der Waals surface area contributed by atoms with Crippen LogP contribution in [-0.2, 0) is 0 Å². The van der Waals surface area contributed by atoms with Gasteiger partial charge in [-0.3, -0.25) is 14.9 Å². The van der Waals surface area contributed by atoms with Crippen LogP contribution in [0, 0.1) is 10.1 Å². The van der Waals surface area contributed by atoms with Crippen LogP contribution in [0.2, 0.25) is 0 Å². The molecule has 2 rings (SSSR count). The van der Waals surface area contributed by atoms with E-state index in [-0.39, 0.29) is 30.0 Å². The van der Waals surface area contributed by atoms with Gasteiger partial charge in [0.2, 0.25) is 0 Å². The van der Waals surface area contributed by atoms with E-state index in [0.717, 1.165) is 12.8 Å². The third kappa shape index (κ3) is 3.47. The van der Waals surface area contributed by atoms with E-state index in [1.165, 1.54) is 12.1 Å². The lowest BCUT2D eigenvalue weighted by atomic mass is 10.1. The Morgan fingerprint density at radius 2 is 2.20 bits per heavy atom. The number of carbonyl (C=O) groups is 1. The standard InChI is InChI=1S/C12H14BrN3O3.ClH/c13-9-4-8(5-11(6-9)16(18)19)12(17)15-3-1-2-10(15)7-14;/h4-6,10H,1-3,7,14H2;1H. The van der Waals surface area contributed by atoms with Crippen molar-refractivity contribution in [3.05, 3.63) is 38.3 Å². The second-order valence-electron chi connectivity index (χ2n) is 4.49. The Bertz CT molecular complexity index is 527. The smallest absolute Gasteiger partial charge is 0.271 e. The Kier molecular flexibility index (Phi) is 5.91. The van der Waals surface area contributed by atoms with Gasteiger partial charge in [-0.1, -0.05) is 15.9 Å². The molecule has 110 valence electrons. The van der Waals surface area contributed by atoms with Gasteiger partial charge in [-0.05, 0) is 18.9 Å². The van der Waals surface area contributed by atoms with Crippen LogP contribution in [0.1, 0.15) is 23.2 Å². The second kappa shape index (κ2) is 7.01. The molecule has 8 heteroatoms. The number of nitro benzene ring substituents is 1. The van der Waals surface area contributed by atoms with Crippen LogP contribution in [0.5, 0.6) is 0 Å². The van der Waals surface area contributed by atoms with Gasteiger partial charge in [0.15, 0.2) is 0 Å². The van der Waals surface area contributed by atoms with E-state index in [9.17, 15) is 14.9 Å². The topological polar surface area (TPSA) is 89.5 Å². The zero-order valence-electron chi connectivity index (χ0n) is 10.6. The SMILES string of the molecule is Cl.NCC1CCCN1C(=O)c1cc(Br)cc([N+](=O)[O-])c1. The van der Waals surface area contributed by atoms with Gasteiger partial charge in [0.05, 0.1) is 4.92 Å². The minimum absolute atomic E-state index is 0. The molecule has 0 aromatic heterocycles. The zero-order valence-corrected chi connectivity index (χ0v) is 13.0. The Morgan fingerprint density at radius 3 is 2.80 bits per heavy atom. The molecule has 1 heterocycles. The maximum Gasteiger partial charge on any atom is 0.271 e. The van der Waals surface area contributed by atoms with Crippen molar-refractivity contribution in [1.82, 2.24) is 4.90 Å². The van der Waals surface area contributed by atoms with Crippen molar-refractivity contribution in [1.29, 1.82) is 0 Å². The maximum absolute atomic E-state index is 12.4. The average Bonchev–Trinajstić information content (AvgIpc) is 2.85. The van der Waals surface area contributed by atoms with Crippen LogP contribution in [0.15, 0.2) is 22.7 Å². The van der Waals surface area contributed by atoms with E-state index >= 15 is 0 Å². The lowest BCUT2D eigenvalue weighted by Gasteiger charge is -2.23. The molecule has 1 fully saturated rings. The number of nitro groups is 1. The van der Waals surface area contributed by atoms with Crippen LogP contribution in [0.4, 0.5) is 5.69 Å². The van der Waals surface area contributed by atoms with Gasteiger partial charge in [0, 0.05) is 41.3 Å². The zero-order chi connectivity index (χ0) is 14.0. The fourth-order valence-electron chi connectivity index (χ4n) is 2.32. The summed E-state index contributed by atoms with van der Waals surface area (Å²) in [7, 11) is 0. The minimum Gasteiger partial charge on any atom is -0.334 e. The van der Waals surface area contributed by atoms with E-state index in [4.69, 9.17) is 5.73 Å². The summed E-state index contributed by atoms with van der Waals surface area (Å²) in [5.74, 6) is -0.197. The molecule has 1 aromatic carbocycles. The predicted molar refractivity (Wildman–Crippen MR) is 81.2 cm³/mol. The van der Waals surface area contributed by atoms with E-state index in [2.05, 4.69) is 15.9 Å². The Hall–Kier alpha value is -1.18. The van der Waals surface area contributed by atoms with Gasteiger partial charge in [0.25, 0.3) is 11.6 Å². The van der Waals surface area contributed by atoms with Crippen molar-refractivity contribution in [2.75, 3.05) is 13.1 Å². The van der Waals surface area contributed by atoms with Gasteiger partial charge >= 0.3 is 0 Å². The highest BCUT2D eigenvalue weighted by molar-refractivity contribution is 9.10. The van der Waals surface area contributed by atoms with Gasteiger partial charge in [-0.15, -0.1) is 12.4 Å². The molecule has 1 aliphatic rings. The summed E-state index contributed by atoms with van der Waals surface area (Å²) in [4.78, 5) is 24.4. The second-order valence-corrected chi connectivity index (χ2v) is 5.40. The molecular weight excluding hydrogens is 350 g/mol. The van der Waals surface area contributed by atoms with Gasteiger partial charge in [0.1, 0.15) is 0 Å². The summed E-state index contributed by atoms with van der Waals surface area (Å²) in [5.41, 5.74) is 5.86. The molecule has 0 aliphatic carbocycles. The van der Waals surface area contributed by atoms with E-state index in [1.54, 1.807) is 11.0 Å². The fourth-order valence-corrected chi connectivity index (χ4v) is 2.80. The number of hydrogen-bond donors (Lipinski definition) is 1. The maximum atomic E-state index is 12.4. The van der Waals surface area contributed by atoms with Crippen LogP contribution in [0.25, 0.3) is 0 Å². The summed E-state index contributed by atoms with van der Waals surface area (Å²) >= 11 is 3.19. The third-order valence-electron chi connectivity index (χ3n) is 3.25. The number of rotatable bonds is 3. The number of nitrogens with zero attached hydrogens (tertiary/aromatic N) is 2.